The molecule has 0 radical (unpaired) electrons. The van der Waals surface area contributed by atoms with Gasteiger partial charge in [-0.15, -0.1) is 0 Å². The van der Waals surface area contributed by atoms with Crippen molar-refractivity contribution in [3.05, 3.63) is 0 Å². The second kappa shape index (κ2) is 8.10. The maximum Gasteiger partial charge on any atom is 0.0897 e. The van der Waals surface area contributed by atoms with Crippen molar-refractivity contribution < 1.29 is 14.6 Å². The van der Waals surface area contributed by atoms with E-state index in [0.29, 0.717) is 25.4 Å². The van der Waals surface area contributed by atoms with Gasteiger partial charge in [-0.2, -0.15) is 0 Å². The largest absolute Gasteiger partial charge is 0.389 e. The maximum absolute atomic E-state index is 9.83. The van der Waals surface area contributed by atoms with Crippen LogP contribution in [0.3, 0.4) is 0 Å². The lowest BCUT2D eigenvalue weighted by molar-refractivity contribution is -0.0237. The third-order valence-corrected chi connectivity index (χ3v) is 3.85. The summed E-state index contributed by atoms with van der Waals surface area (Å²) in [6.45, 7) is 2.80. The van der Waals surface area contributed by atoms with Gasteiger partial charge in [0.2, 0.25) is 0 Å². The summed E-state index contributed by atoms with van der Waals surface area (Å²) in [5.74, 6) is 0. The molecule has 1 saturated carbocycles. The molecule has 1 saturated heterocycles. The molecule has 2 atom stereocenters. The highest BCUT2D eigenvalue weighted by Crippen LogP contribution is 2.20. The maximum atomic E-state index is 9.83. The summed E-state index contributed by atoms with van der Waals surface area (Å²) < 4.78 is 11.3. The molecule has 0 aromatic carbocycles. The molecule has 4 heteroatoms. The number of rotatable bonds is 7. The minimum atomic E-state index is -0.395. The molecule has 0 amide bonds. The summed E-state index contributed by atoms with van der Waals surface area (Å²) in [6, 6.07) is 0. The van der Waals surface area contributed by atoms with Crippen LogP contribution in [0.4, 0.5) is 0 Å². The number of aliphatic hydroxyl groups is 1. The van der Waals surface area contributed by atoms with Crippen molar-refractivity contribution in [1.82, 2.24) is 5.32 Å². The van der Waals surface area contributed by atoms with Crippen LogP contribution in [0.15, 0.2) is 0 Å². The lowest BCUT2D eigenvalue weighted by atomic mass is 9.98. The molecular formula is C14H27NO3. The van der Waals surface area contributed by atoms with Gasteiger partial charge in [-0.25, -0.2) is 0 Å². The summed E-state index contributed by atoms with van der Waals surface area (Å²) in [7, 11) is 0. The smallest absolute Gasteiger partial charge is 0.0897 e. The van der Waals surface area contributed by atoms with E-state index in [1.165, 1.54) is 25.7 Å². The van der Waals surface area contributed by atoms with Gasteiger partial charge in [0.25, 0.3) is 0 Å². The molecule has 1 aliphatic heterocycles. The first kappa shape index (κ1) is 14.3. The van der Waals surface area contributed by atoms with Crippen molar-refractivity contribution in [2.45, 2.75) is 63.3 Å². The summed E-state index contributed by atoms with van der Waals surface area (Å²) in [5, 5.41) is 13.1. The fourth-order valence-corrected chi connectivity index (χ4v) is 2.75. The molecule has 0 aromatic heterocycles. The Labute approximate surface area is 110 Å². The monoisotopic (exact) mass is 257 g/mol. The average molecular weight is 257 g/mol. The molecule has 1 aliphatic carbocycles. The van der Waals surface area contributed by atoms with Gasteiger partial charge in [-0.05, 0) is 25.7 Å². The average Bonchev–Trinajstić information content (AvgIpc) is 2.91. The summed E-state index contributed by atoms with van der Waals surface area (Å²) in [4.78, 5) is 0. The molecule has 0 aromatic rings. The highest BCUT2D eigenvalue weighted by atomic mass is 16.5. The van der Waals surface area contributed by atoms with Crippen LogP contribution >= 0.6 is 0 Å². The molecule has 2 unspecified atom stereocenters. The molecule has 2 N–H and O–H groups in total. The van der Waals surface area contributed by atoms with E-state index in [2.05, 4.69) is 5.32 Å². The standard InChI is InChI=1S/C14H27NO3/c16-12(9-15-10-14-7-4-8-17-14)11-18-13-5-2-1-3-6-13/h12-16H,1-11H2. The minimum absolute atomic E-state index is 0.344. The fourth-order valence-electron chi connectivity index (χ4n) is 2.75. The first-order valence-corrected chi connectivity index (χ1v) is 7.46. The highest BCUT2D eigenvalue weighted by Gasteiger charge is 2.17. The minimum Gasteiger partial charge on any atom is -0.389 e. The van der Waals surface area contributed by atoms with Crippen LogP contribution in [0.25, 0.3) is 0 Å². The topological polar surface area (TPSA) is 50.7 Å². The molecule has 2 rings (SSSR count). The number of hydrogen-bond acceptors (Lipinski definition) is 4. The van der Waals surface area contributed by atoms with Crippen molar-refractivity contribution in [3.63, 3.8) is 0 Å². The summed E-state index contributed by atoms with van der Waals surface area (Å²) >= 11 is 0. The van der Waals surface area contributed by atoms with Gasteiger partial charge in [0.05, 0.1) is 24.9 Å². The second-order valence-corrected chi connectivity index (χ2v) is 5.54. The van der Waals surface area contributed by atoms with Crippen LogP contribution in [-0.4, -0.2) is 49.7 Å². The Hall–Kier alpha value is -0.160. The fraction of sp³-hybridized carbons (Fsp3) is 1.00. The van der Waals surface area contributed by atoms with Crippen molar-refractivity contribution in [1.29, 1.82) is 0 Å². The Kier molecular flexibility index (Phi) is 6.41. The Balaban J connectivity index is 1.47. The number of ether oxygens (including phenoxy) is 2. The zero-order valence-corrected chi connectivity index (χ0v) is 11.3. The van der Waals surface area contributed by atoms with E-state index in [9.17, 15) is 5.11 Å². The van der Waals surface area contributed by atoms with Crippen molar-refractivity contribution in [2.75, 3.05) is 26.3 Å². The lowest BCUT2D eigenvalue weighted by Gasteiger charge is -2.23. The first-order chi connectivity index (χ1) is 8.84. The Morgan fingerprint density at radius 3 is 2.72 bits per heavy atom. The highest BCUT2D eigenvalue weighted by molar-refractivity contribution is 4.70. The summed E-state index contributed by atoms with van der Waals surface area (Å²) in [5.41, 5.74) is 0. The number of hydrogen-bond donors (Lipinski definition) is 2. The molecule has 2 fully saturated rings. The predicted octanol–water partition coefficient (Wildman–Crippen LogP) is 1.47. The molecule has 1 heterocycles. The van der Waals surface area contributed by atoms with Crippen molar-refractivity contribution in [2.24, 2.45) is 0 Å². The molecule has 0 spiro atoms. The molecule has 2 aliphatic rings. The van der Waals surface area contributed by atoms with Crippen LogP contribution in [0.2, 0.25) is 0 Å². The van der Waals surface area contributed by atoms with Crippen LogP contribution in [0.5, 0.6) is 0 Å². The van der Waals surface area contributed by atoms with Crippen LogP contribution < -0.4 is 5.32 Å². The molecule has 18 heavy (non-hydrogen) atoms. The number of aliphatic hydroxyl groups excluding tert-OH is 1. The Morgan fingerprint density at radius 2 is 2.00 bits per heavy atom. The zero-order valence-electron chi connectivity index (χ0n) is 11.3. The quantitative estimate of drug-likeness (QED) is 0.725. The Morgan fingerprint density at radius 1 is 1.17 bits per heavy atom. The van der Waals surface area contributed by atoms with Crippen molar-refractivity contribution >= 4 is 0 Å². The van der Waals surface area contributed by atoms with Gasteiger partial charge < -0.3 is 19.9 Å². The molecule has 4 nitrogen and oxygen atoms in total. The third-order valence-electron chi connectivity index (χ3n) is 3.85. The normalized spacial score (nSPS) is 27.5. The first-order valence-electron chi connectivity index (χ1n) is 7.46. The van der Waals surface area contributed by atoms with E-state index in [0.717, 1.165) is 32.4 Å². The van der Waals surface area contributed by atoms with Gasteiger partial charge in [0.1, 0.15) is 0 Å². The molecular weight excluding hydrogens is 230 g/mol. The SMILES string of the molecule is OC(CNCC1CCCO1)COC1CCCCC1. The van der Waals surface area contributed by atoms with Gasteiger partial charge in [-0.3, -0.25) is 0 Å². The van der Waals surface area contributed by atoms with E-state index in [4.69, 9.17) is 9.47 Å². The van der Waals surface area contributed by atoms with Crippen LogP contribution in [-0.2, 0) is 9.47 Å². The van der Waals surface area contributed by atoms with Crippen molar-refractivity contribution in [3.8, 4) is 0 Å². The zero-order chi connectivity index (χ0) is 12.6. The van der Waals surface area contributed by atoms with Crippen LogP contribution in [0.1, 0.15) is 44.9 Å². The van der Waals surface area contributed by atoms with E-state index >= 15 is 0 Å². The van der Waals surface area contributed by atoms with Gasteiger partial charge in [0.15, 0.2) is 0 Å². The van der Waals surface area contributed by atoms with E-state index in [1.54, 1.807) is 0 Å². The number of nitrogens with one attached hydrogen (secondary N) is 1. The van der Waals surface area contributed by atoms with E-state index < -0.39 is 6.10 Å². The predicted molar refractivity (Wildman–Crippen MR) is 70.7 cm³/mol. The van der Waals surface area contributed by atoms with Gasteiger partial charge in [-0.1, -0.05) is 19.3 Å². The van der Waals surface area contributed by atoms with E-state index in [-0.39, 0.29) is 0 Å². The van der Waals surface area contributed by atoms with Gasteiger partial charge >= 0.3 is 0 Å². The summed E-state index contributed by atoms with van der Waals surface area (Å²) in [6.07, 6.45) is 8.85. The third kappa shape index (κ3) is 5.22. The molecule has 0 bridgehead atoms. The van der Waals surface area contributed by atoms with Gasteiger partial charge in [0, 0.05) is 19.7 Å². The van der Waals surface area contributed by atoms with Crippen LogP contribution in [0, 0.1) is 0 Å². The van der Waals surface area contributed by atoms with E-state index in [1.807, 2.05) is 0 Å². The second-order valence-electron chi connectivity index (χ2n) is 5.54. The molecule has 106 valence electrons. The lowest BCUT2D eigenvalue weighted by Crippen LogP contribution is -2.36. The Bertz CT molecular complexity index is 213.